The normalized spacial score (nSPS) is 14.2. The molecule has 13 heavy (non-hydrogen) atoms. The van der Waals surface area contributed by atoms with E-state index in [9.17, 15) is 5.11 Å². The van der Waals surface area contributed by atoms with E-state index in [0.717, 1.165) is 19.5 Å². The lowest BCUT2D eigenvalue weighted by molar-refractivity contribution is 0.0600. The number of hydrogen-bond donors (Lipinski definition) is 1. The lowest BCUT2D eigenvalue weighted by Crippen LogP contribution is -2.30. The molecule has 76 valence electrons. The van der Waals surface area contributed by atoms with E-state index in [0.29, 0.717) is 0 Å². The van der Waals surface area contributed by atoms with Crippen LogP contribution < -0.4 is 0 Å². The molecule has 0 fully saturated rings. The Balaban J connectivity index is 3.65. The molecule has 0 bridgehead atoms. The Kier molecular flexibility index (Phi) is 4.97. The number of aliphatic hydroxyl groups is 1. The van der Waals surface area contributed by atoms with Gasteiger partial charge >= 0.3 is 0 Å². The Hall–Kier alpha value is -0.590. The van der Waals surface area contributed by atoms with E-state index in [4.69, 9.17) is 5.26 Å². The molecule has 0 heterocycles. The van der Waals surface area contributed by atoms with Crippen molar-refractivity contribution in [1.82, 2.24) is 4.90 Å². The van der Waals surface area contributed by atoms with Crippen molar-refractivity contribution in [3.05, 3.63) is 0 Å². The smallest absolute Gasteiger partial charge is 0.0666 e. The lowest BCUT2D eigenvalue weighted by atomic mass is 10.1. The van der Waals surface area contributed by atoms with Crippen molar-refractivity contribution in [2.75, 3.05) is 20.1 Å². The molecule has 0 aliphatic rings. The van der Waals surface area contributed by atoms with Crippen LogP contribution in [0.15, 0.2) is 0 Å². The maximum Gasteiger partial charge on any atom is 0.0666 e. The van der Waals surface area contributed by atoms with Crippen molar-refractivity contribution in [3.8, 4) is 6.07 Å². The molecule has 0 saturated heterocycles. The van der Waals surface area contributed by atoms with E-state index in [1.807, 2.05) is 14.0 Å². The summed E-state index contributed by atoms with van der Waals surface area (Å²) in [5, 5.41) is 18.1. The van der Waals surface area contributed by atoms with Gasteiger partial charge in [-0.3, -0.25) is 0 Å². The summed E-state index contributed by atoms with van der Waals surface area (Å²) in [5.74, 6) is 0.0619. The van der Waals surface area contributed by atoms with Gasteiger partial charge in [0.1, 0.15) is 0 Å². The first-order chi connectivity index (χ1) is 5.85. The zero-order valence-electron chi connectivity index (χ0n) is 9.04. The van der Waals surface area contributed by atoms with Crippen LogP contribution >= 0.6 is 0 Å². The molecular weight excluding hydrogens is 164 g/mol. The second kappa shape index (κ2) is 5.21. The first kappa shape index (κ1) is 12.4. The van der Waals surface area contributed by atoms with Gasteiger partial charge in [-0.1, -0.05) is 0 Å². The van der Waals surface area contributed by atoms with Gasteiger partial charge in [0.25, 0.3) is 0 Å². The van der Waals surface area contributed by atoms with E-state index in [-0.39, 0.29) is 5.92 Å². The summed E-state index contributed by atoms with van der Waals surface area (Å²) in [7, 11) is 1.97. The number of hydrogen-bond acceptors (Lipinski definition) is 3. The summed E-state index contributed by atoms with van der Waals surface area (Å²) >= 11 is 0. The maximum absolute atomic E-state index is 9.47. The summed E-state index contributed by atoms with van der Waals surface area (Å²) in [6, 6.07) is 2.19. The summed E-state index contributed by atoms with van der Waals surface area (Å²) in [5.41, 5.74) is -0.607. The summed E-state index contributed by atoms with van der Waals surface area (Å²) in [4.78, 5) is 2.08. The summed E-state index contributed by atoms with van der Waals surface area (Å²) < 4.78 is 0. The highest BCUT2D eigenvalue weighted by atomic mass is 16.3. The third-order valence-electron chi connectivity index (χ3n) is 1.91. The van der Waals surface area contributed by atoms with E-state index < -0.39 is 5.60 Å². The summed E-state index contributed by atoms with van der Waals surface area (Å²) in [6.07, 6.45) is 0.738. The number of nitriles is 1. The predicted octanol–water partition coefficient (Wildman–Crippen LogP) is 1.24. The quantitative estimate of drug-likeness (QED) is 0.699. The van der Waals surface area contributed by atoms with Crippen LogP contribution in [-0.4, -0.2) is 35.7 Å². The van der Waals surface area contributed by atoms with E-state index >= 15 is 0 Å². The fraction of sp³-hybridized carbons (Fsp3) is 0.900. The molecule has 0 radical (unpaired) electrons. The van der Waals surface area contributed by atoms with Crippen molar-refractivity contribution in [2.45, 2.75) is 32.8 Å². The van der Waals surface area contributed by atoms with E-state index in [1.165, 1.54) is 0 Å². The molecule has 0 aromatic rings. The van der Waals surface area contributed by atoms with Crippen LogP contribution in [0.4, 0.5) is 0 Å². The molecular formula is C10H20N2O. The van der Waals surface area contributed by atoms with Gasteiger partial charge in [-0.15, -0.1) is 0 Å². The minimum Gasteiger partial charge on any atom is -0.390 e. The zero-order valence-corrected chi connectivity index (χ0v) is 9.04. The van der Waals surface area contributed by atoms with Crippen LogP contribution in [0.1, 0.15) is 27.2 Å². The van der Waals surface area contributed by atoms with Gasteiger partial charge in [0, 0.05) is 13.1 Å². The monoisotopic (exact) mass is 184 g/mol. The first-order valence-electron chi connectivity index (χ1n) is 4.65. The van der Waals surface area contributed by atoms with E-state index in [2.05, 4.69) is 11.0 Å². The third-order valence-corrected chi connectivity index (χ3v) is 1.91. The molecule has 0 spiro atoms. The van der Waals surface area contributed by atoms with Crippen LogP contribution in [0.3, 0.4) is 0 Å². The molecule has 3 heteroatoms. The Labute approximate surface area is 81.0 Å². The largest absolute Gasteiger partial charge is 0.390 e. The van der Waals surface area contributed by atoms with Gasteiger partial charge in [-0.25, -0.2) is 0 Å². The predicted molar refractivity (Wildman–Crippen MR) is 53.2 cm³/mol. The molecule has 1 unspecified atom stereocenters. The molecule has 0 aromatic carbocycles. The summed E-state index contributed by atoms with van der Waals surface area (Å²) in [6.45, 7) is 7.10. The molecule has 0 saturated carbocycles. The Morgan fingerprint density at radius 2 is 2.08 bits per heavy atom. The molecule has 0 aliphatic heterocycles. The molecule has 0 rings (SSSR count). The van der Waals surface area contributed by atoms with Crippen LogP contribution in [0.5, 0.6) is 0 Å². The number of nitrogens with zero attached hydrogens (tertiary/aromatic N) is 2. The molecule has 0 aliphatic carbocycles. The average molecular weight is 184 g/mol. The van der Waals surface area contributed by atoms with Crippen molar-refractivity contribution in [1.29, 1.82) is 5.26 Å². The Bertz CT molecular complexity index is 178. The van der Waals surface area contributed by atoms with Crippen LogP contribution in [-0.2, 0) is 0 Å². The molecule has 1 atom stereocenters. The third kappa shape index (κ3) is 7.76. The average Bonchev–Trinajstić information content (AvgIpc) is 1.99. The maximum atomic E-state index is 9.47. The Morgan fingerprint density at radius 1 is 1.54 bits per heavy atom. The van der Waals surface area contributed by atoms with Crippen LogP contribution in [0.2, 0.25) is 0 Å². The van der Waals surface area contributed by atoms with Crippen molar-refractivity contribution < 1.29 is 5.11 Å². The highest BCUT2D eigenvalue weighted by Crippen LogP contribution is 2.08. The van der Waals surface area contributed by atoms with Gasteiger partial charge in [0.05, 0.1) is 17.6 Å². The van der Waals surface area contributed by atoms with Gasteiger partial charge in [0.15, 0.2) is 0 Å². The molecule has 0 aromatic heterocycles. The highest BCUT2D eigenvalue weighted by molar-refractivity contribution is 4.81. The second-order valence-electron chi connectivity index (χ2n) is 4.35. The minimum atomic E-state index is -0.607. The fourth-order valence-electron chi connectivity index (χ4n) is 1.06. The topological polar surface area (TPSA) is 47.3 Å². The molecule has 3 nitrogen and oxygen atoms in total. The zero-order chi connectivity index (χ0) is 10.5. The fourth-order valence-corrected chi connectivity index (χ4v) is 1.06. The Morgan fingerprint density at radius 3 is 2.46 bits per heavy atom. The van der Waals surface area contributed by atoms with Crippen LogP contribution in [0.25, 0.3) is 0 Å². The van der Waals surface area contributed by atoms with Crippen molar-refractivity contribution >= 4 is 0 Å². The SMILES string of the molecule is CC(C#N)CN(C)CCC(C)(C)O. The molecule has 1 N–H and O–H groups in total. The van der Waals surface area contributed by atoms with Gasteiger partial charge < -0.3 is 10.0 Å². The van der Waals surface area contributed by atoms with Gasteiger partial charge in [-0.05, 0) is 34.2 Å². The van der Waals surface area contributed by atoms with Crippen molar-refractivity contribution in [3.63, 3.8) is 0 Å². The van der Waals surface area contributed by atoms with Crippen molar-refractivity contribution in [2.24, 2.45) is 5.92 Å². The number of rotatable bonds is 5. The standard InChI is InChI=1S/C10H20N2O/c1-9(7-11)8-12(4)6-5-10(2,3)13/h9,13H,5-6,8H2,1-4H3. The second-order valence-corrected chi connectivity index (χ2v) is 4.35. The lowest BCUT2D eigenvalue weighted by Gasteiger charge is -2.23. The highest BCUT2D eigenvalue weighted by Gasteiger charge is 2.14. The minimum absolute atomic E-state index is 0.0619. The molecule has 0 amide bonds. The first-order valence-corrected chi connectivity index (χ1v) is 4.65. The van der Waals surface area contributed by atoms with E-state index in [1.54, 1.807) is 13.8 Å². The van der Waals surface area contributed by atoms with Gasteiger partial charge in [-0.2, -0.15) is 5.26 Å². The van der Waals surface area contributed by atoms with Crippen LogP contribution in [0, 0.1) is 17.2 Å². The van der Waals surface area contributed by atoms with Gasteiger partial charge in [0.2, 0.25) is 0 Å².